The number of nitrogens with one attached hydrogen (secondary N) is 1. The van der Waals surface area contributed by atoms with Crippen LogP contribution in [0.3, 0.4) is 0 Å². The number of aryl methyl sites for hydroxylation is 1. The Bertz CT molecular complexity index is 918. The Balaban J connectivity index is 0.00000300. The van der Waals surface area contributed by atoms with Crippen LogP contribution in [0.15, 0.2) is 64.5 Å². The quantitative estimate of drug-likeness (QED) is 0.266. The minimum Gasteiger partial charge on any atom is -0.356 e. The molecule has 0 unspecified atom stereocenters. The number of nitrogens with zero attached hydrogens (tertiary/aromatic N) is 5. The van der Waals surface area contributed by atoms with Crippen molar-refractivity contribution in [3.63, 3.8) is 0 Å². The summed E-state index contributed by atoms with van der Waals surface area (Å²) < 4.78 is 5.41. The Morgan fingerprint density at radius 2 is 2.03 bits per heavy atom. The van der Waals surface area contributed by atoms with E-state index in [1.54, 1.807) is 0 Å². The van der Waals surface area contributed by atoms with E-state index in [1.807, 2.05) is 32.6 Å². The van der Waals surface area contributed by atoms with Crippen LogP contribution in [0.25, 0.3) is 0 Å². The van der Waals surface area contributed by atoms with E-state index in [-0.39, 0.29) is 24.0 Å². The van der Waals surface area contributed by atoms with E-state index in [0.717, 1.165) is 42.3 Å². The van der Waals surface area contributed by atoms with Crippen molar-refractivity contribution in [2.24, 2.45) is 12.0 Å². The van der Waals surface area contributed by atoms with Crippen molar-refractivity contribution in [1.82, 2.24) is 24.3 Å². The maximum absolute atomic E-state index is 4.52. The number of rotatable bonds is 7. The fourth-order valence-electron chi connectivity index (χ4n) is 3.20. The van der Waals surface area contributed by atoms with Crippen LogP contribution in [0.2, 0.25) is 0 Å². The number of benzene rings is 1. The predicted molar refractivity (Wildman–Crippen MR) is 133 cm³/mol. The van der Waals surface area contributed by atoms with E-state index >= 15 is 0 Å². The molecule has 0 radical (unpaired) electrons. The summed E-state index contributed by atoms with van der Waals surface area (Å²) in [4.78, 5) is 11.1. The van der Waals surface area contributed by atoms with Gasteiger partial charge in [0.2, 0.25) is 0 Å². The van der Waals surface area contributed by atoms with Gasteiger partial charge < -0.3 is 19.4 Å². The molecule has 2 heterocycles. The average Bonchev–Trinajstić information content (AvgIpc) is 3.25. The monoisotopic (exact) mass is 570 g/mol. The third kappa shape index (κ3) is 6.60. The molecule has 0 saturated heterocycles. The smallest absolute Gasteiger partial charge is 0.193 e. The lowest BCUT2D eigenvalue weighted by atomic mass is 10.2. The van der Waals surface area contributed by atoms with Gasteiger partial charge in [-0.2, -0.15) is 0 Å². The Labute approximate surface area is 198 Å². The molecular formula is C21H28BrIN6. The van der Waals surface area contributed by atoms with Crippen LogP contribution in [0, 0.1) is 0 Å². The fourth-order valence-corrected chi connectivity index (χ4v) is 3.78. The molecule has 0 atom stereocenters. The standard InChI is InChI=1S/C21H27BrN6.HI/c1-23-21(27(3)16-19-13-18(22)15-26(19)2)25-10-9-20-24-11-12-28(20)14-17-7-5-4-6-8-17;/h4-8,11-13,15H,9-10,14,16H2,1-3H3,(H,23,25);1H. The van der Waals surface area contributed by atoms with Gasteiger partial charge in [-0.3, -0.25) is 4.99 Å². The summed E-state index contributed by atoms with van der Waals surface area (Å²) >= 11 is 3.53. The molecule has 1 N–H and O–H groups in total. The molecule has 3 rings (SSSR count). The average molecular weight is 571 g/mol. The SMILES string of the molecule is CN=C(NCCc1nccn1Cc1ccccc1)N(C)Cc1cc(Br)cn1C.I. The van der Waals surface area contributed by atoms with Crippen LogP contribution in [0.4, 0.5) is 0 Å². The number of halogens is 2. The lowest BCUT2D eigenvalue weighted by molar-refractivity contribution is 0.461. The van der Waals surface area contributed by atoms with Crippen molar-refractivity contribution < 1.29 is 0 Å². The normalized spacial score (nSPS) is 11.2. The summed E-state index contributed by atoms with van der Waals surface area (Å²) in [5.74, 6) is 1.94. The Hall–Kier alpha value is -1.81. The number of aliphatic imine (C=N–C) groups is 1. The summed E-state index contributed by atoms with van der Waals surface area (Å²) in [6.45, 7) is 2.40. The Kier molecular flexibility index (Phi) is 9.22. The number of hydrogen-bond acceptors (Lipinski definition) is 2. The molecular weight excluding hydrogens is 543 g/mol. The first-order chi connectivity index (χ1) is 13.6. The lowest BCUT2D eigenvalue weighted by Gasteiger charge is -2.22. The molecule has 0 fully saturated rings. The lowest BCUT2D eigenvalue weighted by Crippen LogP contribution is -2.39. The third-order valence-electron chi connectivity index (χ3n) is 4.68. The van der Waals surface area contributed by atoms with Gasteiger partial charge >= 0.3 is 0 Å². The first-order valence-electron chi connectivity index (χ1n) is 9.33. The summed E-state index contributed by atoms with van der Waals surface area (Å²) in [5.41, 5.74) is 2.50. The summed E-state index contributed by atoms with van der Waals surface area (Å²) in [6.07, 6.45) is 6.80. The van der Waals surface area contributed by atoms with E-state index in [9.17, 15) is 0 Å². The number of imidazole rings is 1. The molecule has 2 aromatic heterocycles. The highest BCUT2D eigenvalue weighted by Gasteiger charge is 2.10. The van der Waals surface area contributed by atoms with Crippen LogP contribution in [-0.2, 0) is 26.6 Å². The van der Waals surface area contributed by atoms with Gasteiger partial charge in [-0.15, -0.1) is 24.0 Å². The Morgan fingerprint density at radius 3 is 2.69 bits per heavy atom. The van der Waals surface area contributed by atoms with Gasteiger partial charge in [0.1, 0.15) is 5.82 Å². The molecule has 0 spiro atoms. The van der Waals surface area contributed by atoms with E-state index < -0.39 is 0 Å². The van der Waals surface area contributed by atoms with Gasteiger partial charge in [0.05, 0.1) is 6.54 Å². The molecule has 0 aliphatic carbocycles. The zero-order valence-electron chi connectivity index (χ0n) is 17.0. The summed E-state index contributed by atoms with van der Waals surface area (Å²) in [6, 6.07) is 12.6. The zero-order chi connectivity index (χ0) is 19.9. The van der Waals surface area contributed by atoms with Crippen LogP contribution >= 0.6 is 39.9 Å². The molecule has 0 saturated carbocycles. The predicted octanol–water partition coefficient (Wildman–Crippen LogP) is 3.90. The molecule has 8 heteroatoms. The maximum atomic E-state index is 4.52. The zero-order valence-corrected chi connectivity index (χ0v) is 21.0. The van der Waals surface area contributed by atoms with Crippen molar-refractivity contribution in [2.75, 3.05) is 20.6 Å². The van der Waals surface area contributed by atoms with Crippen molar-refractivity contribution in [3.8, 4) is 0 Å². The number of aromatic nitrogens is 3. The first kappa shape index (κ1) is 23.5. The first-order valence-corrected chi connectivity index (χ1v) is 10.1. The second kappa shape index (κ2) is 11.4. The van der Waals surface area contributed by atoms with Crippen molar-refractivity contribution in [1.29, 1.82) is 0 Å². The maximum Gasteiger partial charge on any atom is 0.193 e. The molecule has 1 aromatic carbocycles. The fraction of sp³-hybridized carbons (Fsp3) is 0.333. The Morgan fingerprint density at radius 1 is 1.28 bits per heavy atom. The van der Waals surface area contributed by atoms with Crippen LogP contribution in [-0.4, -0.2) is 45.6 Å². The molecule has 3 aromatic rings. The summed E-state index contributed by atoms with van der Waals surface area (Å²) in [7, 11) is 5.92. The molecule has 6 nitrogen and oxygen atoms in total. The van der Waals surface area contributed by atoms with E-state index in [1.165, 1.54) is 11.3 Å². The molecule has 0 aliphatic rings. The number of guanidine groups is 1. The van der Waals surface area contributed by atoms with Gasteiger partial charge in [-0.1, -0.05) is 30.3 Å². The van der Waals surface area contributed by atoms with Crippen LogP contribution < -0.4 is 5.32 Å². The van der Waals surface area contributed by atoms with Gasteiger partial charge in [-0.05, 0) is 27.6 Å². The van der Waals surface area contributed by atoms with Gasteiger partial charge in [0, 0.05) is 69.4 Å². The second-order valence-corrected chi connectivity index (χ2v) is 7.71. The largest absolute Gasteiger partial charge is 0.356 e. The van der Waals surface area contributed by atoms with Gasteiger partial charge in [0.15, 0.2) is 5.96 Å². The van der Waals surface area contributed by atoms with Gasteiger partial charge in [0.25, 0.3) is 0 Å². The van der Waals surface area contributed by atoms with E-state index in [0.29, 0.717) is 0 Å². The highest BCUT2D eigenvalue weighted by molar-refractivity contribution is 14.0. The van der Waals surface area contributed by atoms with Crippen molar-refractivity contribution in [3.05, 3.63) is 76.5 Å². The molecule has 0 bridgehead atoms. The van der Waals surface area contributed by atoms with E-state index in [2.05, 4.69) is 88.8 Å². The molecule has 0 aliphatic heterocycles. The number of hydrogen-bond donors (Lipinski definition) is 1. The highest BCUT2D eigenvalue weighted by Crippen LogP contribution is 2.15. The minimum atomic E-state index is 0. The highest BCUT2D eigenvalue weighted by atomic mass is 127. The summed E-state index contributed by atoms with van der Waals surface area (Å²) in [5, 5.41) is 3.45. The minimum absolute atomic E-state index is 0. The van der Waals surface area contributed by atoms with Crippen molar-refractivity contribution in [2.45, 2.75) is 19.5 Å². The van der Waals surface area contributed by atoms with Crippen molar-refractivity contribution >= 4 is 45.9 Å². The molecule has 0 amide bonds. The van der Waals surface area contributed by atoms with E-state index in [4.69, 9.17) is 0 Å². The molecule has 29 heavy (non-hydrogen) atoms. The topological polar surface area (TPSA) is 50.4 Å². The van der Waals surface area contributed by atoms with Crippen LogP contribution in [0.1, 0.15) is 17.1 Å². The molecule has 156 valence electrons. The van der Waals surface area contributed by atoms with Gasteiger partial charge in [-0.25, -0.2) is 4.98 Å². The second-order valence-electron chi connectivity index (χ2n) is 6.80. The third-order valence-corrected chi connectivity index (χ3v) is 5.11. The van der Waals surface area contributed by atoms with Crippen LogP contribution in [0.5, 0.6) is 0 Å².